The molecule has 1 fully saturated rings. The van der Waals surface area contributed by atoms with Crippen molar-refractivity contribution >= 4 is 11.8 Å². The smallest absolute Gasteiger partial charge is 0.246 e. The number of piperidine rings is 1. The van der Waals surface area contributed by atoms with Gasteiger partial charge < -0.3 is 0 Å². The highest BCUT2D eigenvalue weighted by atomic mass is 19.2. The minimum absolute atomic E-state index is 0.200. The van der Waals surface area contributed by atoms with Crippen LogP contribution in [0.2, 0.25) is 0 Å². The summed E-state index contributed by atoms with van der Waals surface area (Å²) in [5.74, 6) is -2.32. The van der Waals surface area contributed by atoms with E-state index in [1.165, 1.54) is 13.1 Å². The van der Waals surface area contributed by atoms with E-state index < -0.39 is 17.7 Å². The van der Waals surface area contributed by atoms with Crippen molar-refractivity contribution in [3.8, 4) is 0 Å². The van der Waals surface area contributed by atoms with E-state index >= 15 is 0 Å². The van der Waals surface area contributed by atoms with Crippen LogP contribution in [0, 0.1) is 11.6 Å². The minimum Gasteiger partial charge on any atom is -0.299 e. The van der Waals surface area contributed by atoms with Crippen LogP contribution in [-0.2, 0) is 9.59 Å². The summed E-state index contributed by atoms with van der Waals surface area (Å²) < 4.78 is 26.1. The van der Waals surface area contributed by atoms with Gasteiger partial charge in [0.25, 0.3) is 0 Å². The van der Waals surface area contributed by atoms with E-state index in [9.17, 15) is 18.4 Å². The van der Waals surface area contributed by atoms with E-state index in [4.69, 9.17) is 0 Å². The number of likely N-dealkylation sites (N-methyl/N-ethyl adjacent to an activating group) is 1. The van der Waals surface area contributed by atoms with Crippen molar-refractivity contribution in [2.75, 3.05) is 7.05 Å². The molecule has 1 aliphatic rings. The largest absolute Gasteiger partial charge is 0.299 e. The number of carbonyl (C=O) groups excluding carboxylic acids is 2. The summed E-state index contributed by atoms with van der Waals surface area (Å²) in [5.41, 5.74) is 0.552. The summed E-state index contributed by atoms with van der Waals surface area (Å²) in [6.45, 7) is 1.76. The standard InChI is InChI=1S/C14H16F2N2O2/c1-8(9-3-4-10(15)11(16)7-9)17-12-5-6-13(19)18(2)14(12)20/h3-4,7-8,12,17H,5-6H2,1-2H3. The Morgan fingerprint density at radius 1 is 1.30 bits per heavy atom. The second-order valence-electron chi connectivity index (χ2n) is 4.94. The van der Waals surface area contributed by atoms with Crippen molar-refractivity contribution in [2.45, 2.75) is 31.8 Å². The molecule has 1 N–H and O–H groups in total. The molecule has 0 aromatic heterocycles. The Hall–Kier alpha value is -1.82. The van der Waals surface area contributed by atoms with Crippen molar-refractivity contribution < 1.29 is 18.4 Å². The van der Waals surface area contributed by atoms with Crippen molar-refractivity contribution in [3.05, 3.63) is 35.4 Å². The fourth-order valence-electron chi connectivity index (χ4n) is 2.25. The van der Waals surface area contributed by atoms with Crippen molar-refractivity contribution in [2.24, 2.45) is 0 Å². The Labute approximate surface area is 115 Å². The molecule has 2 amide bonds. The first-order chi connectivity index (χ1) is 9.40. The topological polar surface area (TPSA) is 49.4 Å². The van der Waals surface area contributed by atoms with Crippen LogP contribution in [0.25, 0.3) is 0 Å². The zero-order valence-corrected chi connectivity index (χ0v) is 11.3. The number of benzene rings is 1. The third-order valence-electron chi connectivity index (χ3n) is 3.54. The maximum absolute atomic E-state index is 13.2. The second kappa shape index (κ2) is 5.66. The number of halogens is 2. The highest BCUT2D eigenvalue weighted by Crippen LogP contribution is 2.19. The molecule has 0 bridgehead atoms. The third kappa shape index (κ3) is 2.85. The lowest BCUT2D eigenvalue weighted by atomic mass is 10.0. The molecule has 6 heteroatoms. The summed E-state index contributed by atoms with van der Waals surface area (Å²) in [4.78, 5) is 24.4. The van der Waals surface area contributed by atoms with Gasteiger partial charge in [-0.25, -0.2) is 8.78 Å². The van der Waals surface area contributed by atoms with Gasteiger partial charge in [-0.3, -0.25) is 19.8 Å². The van der Waals surface area contributed by atoms with Crippen LogP contribution in [-0.4, -0.2) is 29.8 Å². The number of nitrogens with zero attached hydrogens (tertiary/aromatic N) is 1. The van der Waals surface area contributed by atoms with Gasteiger partial charge in [0.2, 0.25) is 11.8 Å². The minimum atomic E-state index is -0.918. The number of hydrogen-bond acceptors (Lipinski definition) is 3. The van der Waals surface area contributed by atoms with E-state index in [0.29, 0.717) is 18.4 Å². The lowest BCUT2D eigenvalue weighted by Gasteiger charge is -2.30. The van der Waals surface area contributed by atoms with Crippen LogP contribution in [0.3, 0.4) is 0 Å². The molecule has 2 atom stereocenters. The quantitative estimate of drug-likeness (QED) is 0.859. The van der Waals surface area contributed by atoms with E-state index in [2.05, 4.69) is 5.32 Å². The molecule has 0 radical (unpaired) electrons. The molecular formula is C14H16F2N2O2. The number of hydrogen-bond donors (Lipinski definition) is 1. The molecule has 1 heterocycles. The average molecular weight is 282 g/mol. The lowest BCUT2D eigenvalue weighted by Crippen LogP contribution is -2.51. The van der Waals surface area contributed by atoms with Crippen LogP contribution in [0.4, 0.5) is 8.78 Å². The van der Waals surface area contributed by atoms with Crippen molar-refractivity contribution in [1.82, 2.24) is 10.2 Å². The Balaban J connectivity index is 2.07. The highest BCUT2D eigenvalue weighted by Gasteiger charge is 2.32. The molecule has 0 spiro atoms. The third-order valence-corrected chi connectivity index (χ3v) is 3.54. The zero-order chi connectivity index (χ0) is 14.9. The van der Waals surface area contributed by atoms with Gasteiger partial charge in [-0.2, -0.15) is 0 Å². The first kappa shape index (κ1) is 14.6. The van der Waals surface area contributed by atoms with Gasteiger partial charge in [-0.15, -0.1) is 0 Å². The SMILES string of the molecule is CC(NC1CCC(=O)N(C)C1=O)c1ccc(F)c(F)c1. The molecule has 0 saturated carbocycles. The van der Waals surface area contributed by atoms with E-state index in [-0.39, 0.29) is 17.9 Å². The lowest BCUT2D eigenvalue weighted by molar-refractivity contribution is -0.148. The summed E-state index contributed by atoms with van der Waals surface area (Å²) >= 11 is 0. The zero-order valence-electron chi connectivity index (χ0n) is 11.3. The number of amides is 2. The number of rotatable bonds is 3. The maximum Gasteiger partial charge on any atom is 0.246 e. The van der Waals surface area contributed by atoms with Gasteiger partial charge in [0.15, 0.2) is 11.6 Å². The molecule has 108 valence electrons. The normalized spacial score (nSPS) is 21.2. The molecule has 2 unspecified atom stereocenters. The highest BCUT2D eigenvalue weighted by molar-refractivity contribution is 6.00. The monoisotopic (exact) mass is 282 g/mol. The van der Waals surface area contributed by atoms with Crippen molar-refractivity contribution in [1.29, 1.82) is 0 Å². The van der Waals surface area contributed by atoms with Crippen LogP contribution in [0.1, 0.15) is 31.4 Å². The Kier molecular flexibility index (Phi) is 4.13. The fraction of sp³-hybridized carbons (Fsp3) is 0.429. The first-order valence-corrected chi connectivity index (χ1v) is 6.41. The van der Waals surface area contributed by atoms with Crippen LogP contribution in [0.15, 0.2) is 18.2 Å². The van der Waals surface area contributed by atoms with E-state index in [0.717, 1.165) is 17.0 Å². The van der Waals surface area contributed by atoms with Gasteiger partial charge in [-0.05, 0) is 31.0 Å². The number of carbonyl (C=O) groups is 2. The number of imide groups is 1. The molecule has 2 rings (SSSR count). The molecule has 1 aliphatic heterocycles. The number of likely N-dealkylation sites (tertiary alicyclic amines) is 1. The number of nitrogens with one attached hydrogen (secondary N) is 1. The molecule has 1 aromatic rings. The summed E-state index contributed by atoms with van der Waals surface area (Å²) in [6.07, 6.45) is 0.709. The van der Waals surface area contributed by atoms with Gasteiger partial charge in [0.05, 0.1) is 6.04 Å². The molecule has 20 heavy (non-hydrogen) atoms. The fourth-order valence-corrected chi connectivity index (χ4v) is 2.25. The molecule has 0 aliphatic carbocycles. The van der Waals surface area contributed by atoms with E-state index in [1.54, 1.807) is 6.92 Å². The first-order valence-electron chi connectivity index (χ1n) is 6.41. The van der Waals surface area contributed by atoms with Crippen LogP contribution >= 0.6 is 0 Å². The summed E-state index contributed by atoms with van der Waals surface area (Å²) in [6, 6.07) is 2.83. The maximum atomic E-state index is 13.2. The average Bonchev–Trinajstić information content (AvgIpc) is 2.42. The molecular weight excluding hydrogens is 266 g/mol. The van der Waals surface area contributed by atoms with Crippen LogP contribution < -0.4 is 5.32 Å². The van der Waals surface area contributed by atoms with Gasteiger partial charge in [0, 0.05) is 19.5 Å². The second-order valence-corrected chi connectivity index (χ2v) is 4.94. The Morgan fingerprint density at radius 3 is 2.65 bits per heavy atom. The van der Waals surface area contributed by atoms with E-state index in [1.807, 2.05) is 0 Å². The predicted molar refractivity (Wildman–Crippen MR) is 68.7 cm³/mol. The summed E-state index contributed by atoms with van der Waals surface area (Å²) in [5, 5.41) is 3.05. The Bertz CT molecular complexity index is 548. The molecule has 4 nitrogen and oxygen atoms in total. The summed E-state index contributed by atoms with van der Waals surface area (Å²) in [7, 11) is 1.45. The van der Waals surface area contributed by atoms with Crippen molar-refractivity contribution in [3.63, 3.8) is 0 Å². The molecule has 1 aromatic carbocycles. The predicted octanol–water partition coefficient (Wildman–Crippen LogP) is 1.76. The van der Waals surface area contributed by atoms with Gasteiger partial charge in [0.1, 0.15) is 0 Å². The molecule has 1 saturated heterocycles. The Morgan fingerprint density at radius 2 is 2.00 bits per heavy atom. The van der Waals surface area contributed by atoms with Gasteiger partial charge in [-0.1, -0.05) is 6.07 Å². The van der Waals surface area contributed by atoms with Crippen LogP contribution in [0.5, 0.6) is 0 Å². The van der Waals surface area contributed by atoms with Gasteiger partial charge >= 0.3 is 0 Å².